The summed E-state index contributed by atoms with van der Waals surface area (Å²) in [7, 11) is 0. The number of hydrogen-bond donors (Lipinski definition) is 0. The number of anilines is 6. The van der Waals surface area contributed by atoms with Crippen molar-refractivity contribution in [2.75, 3.05) is 9.80 Å². The zero-order valence-electron chi connectivity index (χ0n) is 58.2. The van der Waals surface area contributed by atoms with Crippen molar-refractivity contribution in [3.8, 4) is 16.8 Å². The summed E-state index contributed by atoms with van der Waals surface area (Å²) in [6.45, 7) is 3.03. The molecular formula is C54H36BN3O2. The second-order valence-corrected chi connectivity index (χ2v) is 15.6. The predicted molar refractivity (Wildman–Crippen MR) is 250 cm³/mol. The Morgan fingerprint density at radius 3 is 2.02 bits per heavy atom. The number of nitrogens with zero attached hydrogens (tertiary/aromatic N) is 3. The molecule has 3 aliphatic rings. The van der Waals surface area contributed by atoms with Crippen LogP contribution < -0.4 is 26.4 Å². The molecule has 0 amide bonds. The molecule has 0 fully saturated rings. The number of fused-ring (bicyclic) bond motifs is 14. The molecule has 14 rings (SSSR count). The first kappa shape index (κ1) is 16.3. The van der Waals surface area contributed by atoms with Gasteiger partial charge in [0.2, 0.25) is 0 Å². The third kappa shape index (κ3) is 4.03. The summed E-state index contributed by atoms with van der Waals surface area (Å²) in [5.74, 6) is 0. The number of benzene rings is 8. The van der Waals surface area contributed by atoms with Crippen LogP contribution in [-0.2, 0) is 5.41 Å². The first-order chi connectivity index (χ1) is 40.7. The van der Waals surface area contributed by atoms with Crippen LogP contribution >= 0.6 is 0 Å². The van der Waals surface area contributed by atoms with Gasteiger partial charge in [-0.3, -0.25) is 0 Å². The van der Waals surface area contributed by atoms with Crippen molar-refractivity contribution in [3.63, 3.8) is 0 Å². The molecular weight excluding hydrogens is 733 g/mol. The van der Waals surface area contributed by atoms with Gasteiger partial charge < -0.3 is 23.2 Å². The normalized spacial score (nSPS) is 20.1. The summed E-state index contributed by atoms with van der Waals surface area (Å²) in [6, 6.07) is -21.4. The van der Waals surface area contributed by atoms with E-state index in [1.165, 1.54) is 4.90 Å². The smallest absolute Gasteiger partial charge is 0.297 e. The SMILES string of the molecule is [2H]c1c([2H])c([2H])c(-c2c([2H])c([2H])c3oc4c(c3c2[2H])N(c2c([2H])c([2H])c([2H])c3oc5c([2H])c([2H])c([2H])c([2H])c5c23)c2c([2H])c(C(C)(C)C)c([2H])c3c2B4c2c([2H])c([2H])c([2H])c4c2N3c2c([2H])c([2H])c([2H])c3c5c([2H])c([2H])c([2H])c([2H])c5n-4c23)c([2H])c1[2H]. The molecule has 0 radical (unpaired) electrons. The Hall–Kier alpha value is -7.44. The lowest BCUT2D eigenvalue weighted by Gasteiger charge is -2.45. The average Bonchev–Trinajstić information content (AvgIpc) is 1.65. The van der Waals surface area contributed by atoms with E-state index in [2.05, 4.69) is 0 Å². The molecule has 8 aromatic carbocycles. The topological polar surface area (TPSA) is 37.7 Å². The molecule has 3 aliphatic heterocycles. The van der Waals surface area contributed by atoms with E-state index in [4.69, 9.17) is 22.5 Å². The van der Waals surface area contributed by atoms with E-state index in [0.717, 1.165) is 9.47 Å². The van der Waals surface area contributed by atoms with E-state index in [-0.39, 0.29) is 55.4 Å². The number of aromatic nitrogens is 1. The quantitative estimate of drug-likeness (QED) is 0.163. The van der Waals surface area contributed by atoms with Gasteiger partial charge in [-0.2, -0.15) is 0 Å². The summed E-state index contributed by atoms with van der Waals surface area (Å²) in [6.07, 6.45) is 0. The molecule has 0 saturated carbocycles. The van der Waals surface area contributed by atoms with E-state index < -0.39 is 248 Å². The van der Waals surface area contributed by atoms with Crippen LogP contribution in [0.25, 0.3) is 71.5 Å². The van der Waals surface area contributed by atoms with Crippen molar-refractivity contribution in [1.82, 2.24) is 4.57 Å². The van der Waals surface area contributed by atoms with Crippen LogP contribution in [0.5, 0.6) is 0 Å². The molecule has 0 saturated heterocycles. The molecule has 0 unspecified atom stereocenters. The lowest BCUT2D eigenvalue weighted by atomic mass is 9.35. The van der Waals surface area contributed by atoms with Gasteiger partial charge in [0.15, 0.2) is 0 Å². The maximum atomic E-state index is 10.6. The Kier molecular flexibility index (Phi) is 3.04. The molecule has 0 bridgehead atoms. The van der Waals surface area contributed by atoms with Crippen LogP contribution in [0.2, 0.25) is 0 Å². The Morgan fingerprint density at radius 2 is 1.17 bits per heavy atom. The Labute approximate surface area is 384 Å². The maximum Gasteiger partial charge on any atom is 0.297 e. The molecule has 0 atom stereocenters. The van der Waals surface area contributed by atoms with E-state index >= 15 is 0 Å². The summed E-state index contributed by atoms with van der Waals surface area (Å²) in [4.78, 5) is 2.30. The fourth-order valence-electron chi connectivity index (χ4n) is 8.88. The fraction of sp³-hybridized carbons (Fsp3) is 0.0741. The molecule has 0 aliphatic carbocycles. The van der Waals surface area contributed by atoms with Crippen molar-refractivity contribution >= 4 is 112 Å². The molecule has 60 heavy (non-hydrogen) atoms. The van der Waals surface area contributed by atoms with Crippen LogP contribution in [0.4, 0.5) is 34.1 Å². The second-order valence-electron chi connectivity index (χ2n) is 15.6. The highest BCUT2D eigenvalue weighted by molar-refractivity contribution is 7.00. The van der Waals surface area contributed by atoms with Gasteiger partial charge in [0.05, 0.1) is 87.5 Å². The van der Waals surface area contributed by atoms with Crippen molar-refractivity contribution in [1.29, 1.82) is 0 Å². The summed E-state index contributed by atoms with van der Waals surface area (Å²) in [5, 5.41) is -2.11. The third-order valence-electron chi connectivity index (χ3n) is 11.3. The lowest BCUT2D eigenvalue weighted by Crippen LogP contribution is -2.61. The first-order valence-electron chi connectivity index (χ1n) is 32.2. The van der Waals surface area contributed by atoms with Gasteiger partial charge >= 0.3 is 0 Å². The predicted octanol–water partition coefficient (Wildman–Crippen LogP) is 12.8. The van der Waals surface area contributed by atoms with Gasteiger partial charge in [-0.05, 0) is 93.5 Å². The molecule has 5 nitrogen and oxygen atoms in total. The van der Waals surface area contributed by atoms with Crippen LogP contribution in [0.1, 0.15) is 63.3 Å². The van der Waals surface area contributed by atoms with Crippen molar-refractivity contribution in [2.45, 2.75) is 26.2 Å². The fourth-order valence-corrected chi connectivity index (χ4v) is 8.88. The molecule has 6 heteroatoms. The highest BCUT2D eigenvalue weighted by Gasteiger charge is 2.49. The van der Waals surface area contributed by atoms with Crippen LogP contribution in [-0.4, -0.2) is 11.3 Å². The van der Waals surface area contributed by atoms with Gasteiger partial charge in [-0.15, -0.1) is 0 Å². The standard InChI is InChI=1S/C54H36BN3O2/c1-54(2,3)33-29-43-49-44(30-33)58-41-22-11-18-35-34-16-7-9-20-39(34)56(50(35)41)42-23-12-19-38(52(42)58)55(49)53-51(37-28-32(26-27-46(37)60-53)31-14-5-4-6-15-31)57(43)40-21-13-25-47-48(40)36-17-8-10-24-45(36)59-47/h4-30H,1-3H3/i4D,5D,6D,7D,8D,9D,10D,11D,12D,13D,14D,15D,16D,17D,18D,19D,20D,21D,22D,23D,24D,25D,26D,27D,28D,29D,30D. The molecule has 11 aromatic rings. The molecule has 0 N–H and O–H groups in total. The number of para-hydroxylation sites is 4. The Bertz CT molecular complexity index is 5250. The minimum Gasteiger partial charge on any atom is -0.468 e. The van der Waals surface area contributed by atoms with Crippen LogP contribution in [0, 0.1) is 0 Å². The summed E-state index contributed by atoms with van der Waals surface area (Å²) in [5.41, 5.74) is -9.51. The van der Waals surface area contributed by atoms with Crippen molar-refractivity contribution in [2.24, 2.45) is 0 Å². The molecule has 6 heterocycles. The monoisotopic (exact) mass is 796 g/mol. The molecule has 3 aromatic heterocycles. The largest absolute Gasteiger partial charge is 0.468 e. The second kappa shape index (κ2) is 11.2. The zero-order valence-corrected chi connectivity index (χ0v) is 31.2. The van der Waals surface area contributed by atoms with Gasteiger partial charge in [0.1, 0.15) is 16.7 Å². The molecule has 0 spiro atoms. The number of hydrogen-bond acceptors (Lipinski definition) is 4. The van der Waals surface area contributed by atoms with Crippen LogP contribution in [0.3, 0.4) is 0 Å². The van der Waals surface area contributed by atoms with E-state index in [9.17, 15) is 23.3 Å². The lowest BCUT2D eigenvalue weighted by molar-refractivity contribution is 0.590. The highest BCUT2D eigenvalue weighted by atomic mass is 16.3. The maximum absolute atomic E-state index is 10.6. The minimum atomic E-state index is -1.85. The van der Waals surface area contributed by atoms with E-state index in [1.54, 1.807) is 20.8 Å². The van der Waals surface area contributed by atoms with Crippen LogP contribution in [0.15, 0.2) is 172 Å². The summed E-state index contributed by atoms with van der Waals surface area (Å²) < 4.78 is 268. The molecule has 282 valence electrons. The number of rotatable bonds is 2. The highest BCUT2D eigenvalue weighted by Crippen LogP contribution is 2.54. The van der Waals surface area contributed by atoms with Gasteiger partial charge in [-0.1, -0.05) is 123 Å². The number of furan rings is 2. The Morgan fingerprint density at radius 1 is 0.500 bits per heavy atom. The minimum absolute atomic E-state index is 0.155. The average molecular weight is 797 g/mol. The van der Waals surface area contributed by atoms with Crippen molar-refractivity contribution < 1.29 is 45.8 Å². The summed E-state index contributed by atoms with van der Waals surface area (Å²) >= 11 is 0. The third-order valence-corrected chi connectivity index (χ3v) is 11.3. The van der Waals surface area contributed by atoms with Gasteiger partial charge in [0, 0.05) is 32.9 Å². The van der Waals surface area contributed by atoms with E-state index in [1.807, 2.05) is 0 Å². The zero-order chi connectivity index (χ0) is 63.1. The Balaban J connectivity index is 1.30. The van der Waals surface area contributed by atoms with E-state index in [0.29, 0.717) is 0 Å². The van der Waals surface area contributed by atoms with Gasteiger partial charge in [0.25, 0.3) is 6.71 Å². The van der Waals surface area contributed by atoms with Crippen molar-refractivity contribution in [3.05, 3.63) is 169 Å². The first-order valence-corrected chi connectivity index (χ1v) is 18.7. The van der Waals surface area contributed by atoms with Gasteiger partial charge in [-0.25, -0.2) is 0 Å².